The van der Waals surface area contributed by atoms with E-state index in [2.05, 4.69) is 50.8 Å². The lowest BCUT2D eigenvalue weighted by atomic mass is 9.86. The van der Waals surface area contributed by atoms with Gasteiger partial charge >= 0.3 is 0 Å². The number of nitrogens with zero attached hydrogens (tertiary/aromatic N) is 1. The molecular weight excluding hydrogens is 276 g/mol. The van der Waals surface area contributed by atoms with E-state index in [1.165, 1.54) is 11.3 Å². The fraction of sp³-hybridized carbons (Fsp3) is 0.667. The van der Waals surface area contributed by atoms with E-state index < -0.39 is 0 Å². The molecule has 2 N–H and O–H groups in total. The van der Waals surface area contributed by atoms with E-state index in [1.807, 2.05) is 0 Å². The van der Waals surface area contributed by atoms with Crippen LogP contribution in [0.15, 0.2) is 18.2 Å². The average Bonchev–Trinajstić information content (AvgIpc) is 2.49. The highest BCUT2D eigenvalue weighted by Gasteiger charge is 2.26. The molecule has 0 saturated carbocycles. The summed E-state index contributed by atoms with van der Waals surface area (Å²) in [4.78, 5) is 2.39. The Morgan fingerprint density at radius 3 is 2.73 bits per heavy atom. The second-order valence-corrected chi connectivity index (χ2v) is 6.93. The van der Waals surface area contributed by atoms with Crippen molar-refractivity contribution in [3.05, 3.63) is 23.8 Å². The zero-order valence-corrected chi connectivity index (χ0v) is 14.4. The number of rotatable bonds is 6. The van der Waals surface area contributed by atoms with E-state index >= 15 is 0 Å². The summed E-state index contributed by atoms with van der Waals surface area (Å²) >= 11 is 0. The van der Waals surface area contributed by atoms with Crippen molar-refractivity contribution < 1.29 is 9.47 Å². The Balaban J connectivity index is 2.19. The van der Waals surface area contributed by atoms with Crippen molar-refractivity contribution >= 4 is 5.69 Å². The van der Waals surface area contributed by atoms with Crippen LogP contribution in [0.3, 0.4) is 0 Å². The number of anilines is 1. The summed E-state index contributed by atoms with van der Waals surface area (Å²) < 4.78 is 11.7. The fourth-order valence-corrected chi connectivity index (χ4v) is 2.68. The Hall–Kier alpha value is -1.26. The summed E-state index contributed by atoms with van der Waals surface area (Å²) in [5.74, 6) is 0.991. The predicted octanol–water partition coefficient (Wildman–Crippen LogP) is 2.94. The van der Waals surface area contributed by atoms with Crippen molar-refractivity contribution in [1.82, 2.24) is 0 Å². The number of benzene rings is 1. The quantitative estimate of drug-likeness (QED) is 0.821. The zero-order valence-electron chi connectivity index (χ0n) is 14.4. The fourth-order valence-electron chi connectivity index (χ4n) is 2.68. The third kappa shape index (κ3) is 4.14. The van der Waals surface area contributed by atoms with E-state index in [1.54, 1.807) is 0 Å². The molecule has 0 spiro atoms. The molecule has 1 aliphatic heterocycles. The van der Waals surface area contributed by atoms with Crippen LogP contribution in [0.1, 0.15) is 39.7 Å². The molecule has 1 unspecified atom stereocenters. The molecule has 22 heavy (non-hydrogen) atoms. The number of nitrogens with two attached hydrogens (primary N) is 1. The lowest BCUT2D eigenvalue weighted by Crippen LogP contribution is -2.41. The molecule has 1 aliphatic rings. The van der Waals surface area contributed by atoms with Crippen LogP contribution >= 0.6 is 0 Å². The van der Waals surface area contributed by atoms with Crippen molar-refractivity contribution in [2.24, 2.45) is 5.73 Å². The number of ether oxygens (including phenoxy) is 2. The summed E-state index contributed by atoms with van der Waals surface area (Å²) in [5.41, 5.74) is 8.13. The average molecular weight is 306 g/mol. The maximum Gasteiger partial charge on any atom is 0.143 e. The molecule has 0 bridgehead atoms. The standard InChI is InChI=1S/C18H30N2O2/c1-5-15-13-20(9-11-21-10-8-19)16-12-14(18(2,3)4)6-7-17(16)22-15/h6-7,12,15H,5,8-11,13,19H2,1-4H3. The second-order valence-electron chi connectivity index (χ2n) is 6.93. The monoisotopic (exact) mass is 306 g/mol. The number of hydrogen-bond donors (Lipinski definition) is 1. The summed E-state index contributed by atoms with van der Waals surface area (Å²) in [7, 11) is 0. The molecular formula is C18H30N2O2. The molecule has 4 nitrogen and oxygen atoms in total. The van der Waals surface area contributed by atoms with Crippen molar-refractivity contribution in [2.45, 2.75) is 45.6 Å². The van der Waals surface area contributed by atoms with E-state index in [0.717, 1.165) is 25.3 Å². The highest BCUT2D eigenvalue weighted by molar-refractivity contribution is 5.62. The molecule has 0 radical (unpaired) electrons. The summed E-state index contributed by atoms with van der Waals surface area (Å²) in [6.07, 6.45) is 1.27. The van der Waals surface area contributed by atoms with Gasteiger partial charge in [0, 0.05) is 13.1 Å². The van der Waals surface area contributed by atoms with Crippen molar-refractivity contribution in [3.8, 4) is 5.75 Å². The number of fused-ring (bicyclic) bond motifs is 1. The van der Waals surface area contributed by atoms with Crippen LogP contribution in [0.4, 0.5) is 5.69 Å². The molecule has 1 aromatic carbocycles. The van der Waals surface area contributed by atoms with E-state index in [0.29, 0.717) is 19.8 Å². The third-order valence-corrected chi connectivity index (χ3v) is 4.11. The second kappa shape index (κ2) is 7.34. The first kappa shape index (κ1) is 17.1. The van der Waals surface area contributed by atoms with Crippen LogP contribution < -0.4 is 15.4 Å². The van der Waals surface area contributed by atoms with Gasteiger partial charge < -0.3 is 20.1 Å². The summed E-state index contributed by atoms with van der Waals surface area (Å²) in [5, 5.41) is 0. The molecule has 0 fully saturated rings. The minimum Gasteiger partial charge on any atom is -0.486 e. The Morgan fingerprint density at radius 1 is 1.32 bits per heavy atom. The van der Waals surface area contributed by atoms with Crippen LogP contribution in [0.5, 0.6) is 5.75 Å². The van der Waals surface area contributed by atoms with Gasteiger partial charge in [0.1, 0.15) is 11.9 Å². The Morgan fingerprint density at radius 2 is 2.09 bits per heavy atom. The molecule has 0 aromatic heterocycles. The predicted molar refractivity (Wildman–Crippen MR) is 91.9 cm³/mol. The normalized spacial score (nSPS) is 18.0. The van der Waals surface area contributed by atoms with Crippen LogP contribution in [0, 0.1) is 0 Å². The lowest BCUT2D eigenvalue weighted by Gasteiger charge is -2.37. The highest BCUT2D eigenvalue weighted by Crippen LogP contribution is 2.37. The molecule has 1 atom stereocenters. The van der Waals surface area contributed by atoms with Crippen molar-refractivity contribution in [2.75, 3.05) is 37.7 Å². The first-order valence-electron chi connectivity index (χ1n) is 8.29. The Labute approximate surface area is 134 Å². The molecule has 0 saturated heterocycles. The summed E-state index contributed by atoms with van der Waals surface area (Å²) in [6, 6.07) is 6.57. The maximum absolute atomic E-state index is 6.10. The lowest BCUT2D eigenvalue weighted by molar-refractivity contribution is 0.140. The van der Waals surface area contributed by atoms with E-state index in [9.17, 15) is 0 Å². The van der Waals surface area contributed by atoms with Gasteiger partial charge in [0.05, 0.1) is 25.4 Å². The van der Waals surface area contributed by atoms with Gasteiger partial charge in [0.15, 0.2) is 0 Å². The van der Waals surface area contributed by atoms with Crippen molar-refractivity contribution in [3.63, 3.8) is 0 Å². The first-order valence-corrected chi connectivity index (χ1v) is 8.29. The minimum atomic E-state index is 0.137. The highest BCUT2D eigenvalue weighted by atomic mass is 16.5. The topological polar surface area (TPSA) is 47.7 Å². The van der Waals surface area contributed by atoms with Crippen molar-refractivity contribution in [1.29, 1.82) is 0 Å². The van der Waals surface area contributed by atoms with Crippen LogP contribution in [0.25, 0.3) is 0 Å². The van der Waals surface area contributed by atoms with E-state index in [4.69, 9.17) is 15.2 Å². The Bertz CT molecular complexity index is 482. The first-order chi connectivity index (χ1) is 10.5. The van der Waals surface area contributed by atoms with Gasteiger partial charge in [-0.3, -0.25) is 0 Å². The van der Waals surface area contributed by atoms with Gasteiger partial charge in [-0.25, -0.2) is 0 Å². The number of hydrogen-bond acceptors (Lipinski definition) is 4. The molecule has 0 aliphatic carbocycles. The zero-order chi connectivity index (χ0) is 16.2. The Kier molecular flexibility index (Phi) is 5.70. The SMILES string of the molecule is CCC1CN(CCOCCN)c2cc(C(C)(C)C)ccc2O1. The smallest absolute Gasteiger partial charge is 0.143 e. The molecule has 0 amide bonds. The molecule has 4 heteroatoms. The van der Waals surface area contributed by atoms with Crippen LogP contribution in [-0.2, 0) is 10.2 Å². The van der Waals surface area contributed by atoms with Crippen LogP contribution in [-0.4, -0.2) is 39.0 Å². The maximum atomic E-state index is 6.10. The van der Waals surface area contributed by atoms with Gasteiger partial charge in [-0.2, -0.15) is 0 Å². The van der Waals surface area contributed by atoms with E-state index in [-0.39, 0.29) is 11.5 Å². The van der Waals surface area contributed by atoms with Gasteiger partial charge in [-0.15, -0.1) is 0 Å². The minimum absolute atomic E-state index is 0.137. The third-order valence-electron chi connectivity index (χ3n) is 4.11. The van der Waals surface area contributed by atoms with Crippen LogP contribution in [0.2, 0.25) is 0 Å². The van der Waals surface area contributed by atoms with Gasteiger partial charge in [-0.05, 0) is 29.5 Å². The van der Waals surface area contributed by atoms with Gasteiger partial charge in [0.2, 0.25) is 0 Å². The molecule has 1 heterocycles. The molecule has 1 aromatic rings. The largest absolute Gasteiger partial charge is 0.486 e. The van der Waals surface area contributed by atoms with Gasteiger partial charge in [-0.1, -0.05) is 33.8 Å². The molecule has 2 rings (SSSR count). The summed E-state index contributed by atoms with van der Waals surface area (Å²) in [6.45, 7) is 12.6. The van der Waals surface area contributed by atoms with Gasteiger partial charge in [0.25, 0.3) is 0 Å². The molecule has 124 valence electrons.